The minimum Gasteiger partial charge on any atom is -0.508 e. The second-order valence-electron chi connectivity index (χ2n) is 3.94. The second kappa shape index (κ2) is 5.34. The molecule has 1 amide bonds. The number of carboxylic acid groups (broad SMARTS) is 1. The third kappa shape index (κ3) is 3.48. The Hall–Kier alpha value is -2.04. The summed E-state index contributed by atoms with van der Waals surface area (Å²) in [5.41, 5.74) is 0.382. The zero-order valence-corrected chi connectivity index (χ0v) is 9.68. The Balaban J connectivity index is 2.66. The van der Waals surface area contributed by atoms with Crippen molar-refractivity contribution in [3.8, 4) is 5.75 Å². The molecule has 5 nitrogen and oxygen atoms in total. The molecule has 1 rings (SSSR count). The van der Waals surface area contributed by atoms with Gasteiger partial charge in [0.05, 0.1) is 5.92 Å². The summed E-state index contributed by atoms with van der Waals surface area (Å²) in [7, 11) is 0. The quantitative estimate of drug-likeness (QED) is 0.735. The fraction of sp³-hybridized carbons (Fsp3) is 0.333. The van der Waals surface area contributed by atoms with Crippen molar-refractivity contribution in [3.05, 3.63) is 29.8 Å². The highest BCUT2D eigenvalue weighted by Gasteiger charge is 2.21. The molecule has 0 saturated carbocycles. The van der Waals surface area contributed by atoms with Crippen LogP contribution in [-0.2, 0) is 4.79 Å². The zero-order valence-electron chi connectivity index (χ0n) is 9.68. The fourth-order valence-corrected chi connectivity index (χ4v) is 1.24. The normalized spacial score (nSPS) is 13.8. The van der Waals surface area contributed by atoms with Gasteiger partial charge in [-0.1, -0.05) is 0 Å². The molecular formula is C12H15NO4. The summed E-state index contributed by atoms with van der Waals surface area (Å²) < 4.78 is 0. The number of carbonyl (C=O) groups is 2. The molecule has 3 N–H and O–H groups in total. The number of rotatable bonds is 4. The van der Waals surface area contributed by atoms with Crippen LogP contribution in [0.2, 0.25) is 0 Å². The maximum Gasteiger partial charge on any atom is 0.308 e. The number of hydrogen-bond donors (Lipinski definition) is 3. The molecule has 2 unspecified atom stereocenters. The average molecular weight is 237 g/mol. The standard InChI is InChI=1S/C12H15NO4/c1-7(12(16)17)8(2)13-11(15)9-3-5-10(14)6-4-9/h3-8,14H,1-2H3,(H,13,15)(H,16,17). The van der Waals surface area contributed by atoms with E-state index < -0.39 is 17.9 Å². The Kier molecular flexibility index (Phi) is 4.09. The number of phenols is 1. The maximum atomic E-state index is 11.7. The molecule has 0 radical (unpaired) electrons. The van der Waals surface area contributed by atoms with Crippen LogP contribution in [0.3, 0.4) is 0 Å². The van der Waals surface area contributed by atoms with Crippen LogP contribution in [0.1, 0.15) is 24.2 Å². The van der Waals surface area contributed by atoms with Crippen molar-refractivity contribution in [2.45, 2.75) is 19.9 Å². The average Bonchev–Trinajstić information content (AvgIpc) is 2.28. The molecule has 0 fully saturated rings. The van der Waals surface area contributed by atoms with E-state index in [9.17, 15) is 9.59 Å². The van der Waals surface area contributed by atoms with Crippen molar-refractivity contribution >= 4 is 11.9 Å². The highest BCUT2D eigenvalue weighted by Crippen LogP contribution is 2.10. The van der Waals surface area contributed by atoms with Gasteiger partial charge in [0.1, 0.15) is 5.75 Å². The number of carbonyl (C=O) groups excluding carboxylic acids is 1. The first-order valence-corrected chi connectivity index (χ1v) is 5.24. The van der Waals surface area contributed by atoms with Crippen LogP contribution in [0.25, 0.3) is 0 Å². The number of aromatic hydroxyl groups is 1. The van der Waals surface area contributed by atoms with Crippen molar-refractivity contribution in [2.75, 3.05) is 0 Å². The van der Waals surface area contributed by atoms with Gasteiger partial charge >= 0.3 is 5.97 Å². The highest BCUT2D eigenvalue weighted by atomic mass is 16.4. The molecule has 0 aliphatic rings. The molecule has 0 saturated heterocycles. The number of amides is 1. The lowest BCUT2D eigenvalue weighted by molar-refractivity contribution is -0.141. The van der Waals surface area contributed by atoms with Gasteiger partial charge in [0.15, 0.2) is 0 Å². The summed E-state index contributed by atoms with van der Waals surface area (Å²) in [5, 5.41) is 20.5. The van der Waals surface area contributed by atoms with E-state index in [1.807, 2.05) is 0 Å². The van der Waals surface area contributed by atoms with E-state index in [2.05, 4.69) is 5.32 Å². The lowest BCUT2D eigenvalue weighted by atomic mass is 10.0. The topological polar surface area (TPSA) is 86.6 Å². The number of aliphatic carboxylic acids is 1. The summed E-state index contributed by atoms with van der Waals surface area (Å²) in [6.45, 7) is 3.17. The predicted octanol–water partition coefficient (Wildman–Crippen LogP) is 1.23. The monoisotopic (exact) mass is 237 g/mol. The molecule has 1 aromatic carbocycles. The summed E-state index contributed by atoms with van der Waals surface area (Å²) in [4.78, 5) is 22.4. The SMILES string of the molecule is CC(NC(=O)c1ccc(O)cc1)C(C)C(=O)O. The number of hydrogen-bond acceptors (Lipinski definition) is 3. The highest BCUT2D eigenvalue weighted by molar-refractivity contribution is 5.94. The molecule has 0 aliphatic carbocycles. The third-order valence-corrected chi connectivity index (χ3v) is 2.63. The van der Waals surface area contributed by atoms with Crippen molar-refractivity contribution in [1.82, 2.24) is 5.32 Å². The third-order valence-electron chi connectivity index (χ3n) is 2.63. The van der Waals surface area contributed by atoms with Crippen LogP contribution >= 0.6 is 0 Å². The minimum atomic E-state index is -0.955. The van der Waals surface area contributed by atoms with Gasteiger partial charge < -0.3 is 15.5 Å². The van der Waals surface area contributed by atoms with Crippen LogP contribution in [0, 0.1) is 5.92 Å². The molecule has 5 heteroatoms. The maximum absolute atomic E-state index is 11.7. The minimum absolute atomic E-state index is 0.0773. The molecule has 92 valence electrons. The van der Waals surface area contributed by atoms with Gasteiger partial charge in [-0.3, -0.25) is 9.59 Å². The number of carboxylic acids is 1. The molecule has 2 atom stereocenters. The molecule has 17 heavy (non-hydrogen) atoms. The van der Waals surface area contributed by atoms with Gasteiger partial charge in [-0.2, -0.15) is 0 Å². The first-order chi connectivity index (χ1) is 7.91. The first kappa shape index (κ1) is 13.0. The molecular weight excluding hydrogens is 222 g/mol. The summed E-state index contributed by atoms with van der Waals surface area (Å²) in [6.07, 6.45) is 0. The van der Waals surface area contributed by atoms with Crippen molar-refractivity contribution < 1.29 is 19.8 Å². The Morgan fingerprint density at radius 1 is 1.18 bits per heavy atom. The lowest BCUT2D eigenvalue weighted by Crippen LogP contribution is -2.40. The fourth-order valence-electron chi connectivity index (χ4n) is 1.24. The summed E-state index contributed by atoms with van der Waals surface area (Å²) in [6, 6.07) is 5.29. The zero-order chi connectivity index (χ0) is 13.0. The van der Waals surface area contributed by atoms with Crippen LogP contribution in [0.4, 0.5) is 0 Å². The van der Waals surface area contributed by atoms with E-state index in [0.717, 1.165) is 0 Å². The molecule has 1 aromatic rings. The summed E-state index contributed by atoms with van der Waals surface area (Å²) >= 11 is 0. The van der Waals surface area contributed by atoms with Gasteiger partial charge in [-0.15, -0.1) is 0 Å². The molecule has 0 aromatic heterocycles. The van der Waals surface area contributed by atoms with E-state index in [1.54, 1.807) is 6.92 Å². The van der Waals surface area contributed by atoms with Crippen LogP contribution in [-0.4, -0.2) is 28.1 Å². The lowest BCUT2D eigenvalue weighted by Gasteiger charge is -2.17. The smallest absolute Gasteiger partial charge is 0.308 e. The molecule has 0 aliphatic heterocycles. The van der Waals surface area contributed by atoms with Gasteiger partial charge in [0.25, 0.3) is 5.91 Å². The van der Waals surface area contributed by atoms with E-state index in [0.29, 0.717) is 5.56 Å². The van der Waals surface area contributed by atoms with Crippen molar-refractivity contribution in [1.29, 1.82) is 0 Å². The molecule has 0 heterocycles. The Morgan fingerprint density at radius 2 is 1.71 bits per heavy atom. The van der Waals surface area contributed by atoms with Gasteiger partial charge in [-0.05, 0) is 38.1 Å². The van der Waals surface area contributed by atoms with E-state index >= 15 is 0 Å². The Morgan fingerprint density at radius 3 is 2.18 bits per heavy atom. The van der Waals surface area contributed by atoms with E-state index in [-0.39, 0.29) is 11.7 Å². The van der Waals surface area contributed by atoms with Crippen molar-refractivity contribution in [2.24, 2.45) is 5.92 Å². The number of nitrogens with one attached hydrogen (secondary N) is 1. The Bertz CT molecular complexity index is 413. The Labute approximate surface area is 99.1 Å². The van der Waals surface area contributed by atoms with Gasteiger partial charge in [0.2, 0.25) is 0 Å². The van der Waals surface area contributed by atoms with E-state index in [4.69, 9.17) is 10.2 Å². The molecule has 0 bridgehead atoms. The second-order valence-corrected chi connectivity index (χ2v) is 3.94. The van der Waals surface area contributed by atoms with Crippen LogP contribution in [0.5, 0.6) is 5.75 Å². The van der Waals surface area contributed by atoms with E-state index in [1.165, 1.54) is 31.2 Å². The van der Waals surface area contributed by atoms with Gasteiger partial charge in [-0.25, -0.2) is 0 Å². The van der Waals surface area contributed by atoms with Gasteiger partial charge in [0, 0.05) is 11.6 Å². The molecule has 0 spiro atoms. The number of phenolic OH excluding ortho intramolecular Hbond substituents is 1. The van der Waals surface area contributed by atoms with Crippen molar-refractivity contribution in [3.63, 3.8) is 0 Å². The first-order valence-electron chi connectivity index (χ1n) is 5.24. The van der Waals surface area contributed by atoms with Crippen LogP contribution in [0.15, 0.2) is 24.3 Å². The predicted molar refractivity (Wildman–Crippen MR) is 61.8 cm³/mol. The van der Waals surface area contributed by atoms with Crippen LogP contribution < -0.4 is 5.32 Å². The summed E-state index contributed by atoms with van der Waals surface area (Å²) in [5.74, 6) is -1.89. The number of benzene rings is 1. The largest absolute Gasteiger partial charge is 0.508 e.